The summed E-state index contributed by atoms with van der Waals surface area (Å²) >= 11 is 0. The fourth-order valence-electron chi connectivity index (χ4n) is 2.14. The Morgan fingerprint density at radius 2 is 1.92 bits per heavy atom. The van der Waals surface area contributed by atoms with Crippen LogP contribution in [0.25, 0.3) is 0 Å². The van der Waals surface area contributed by atoms with Crippen molar-refractivity contribution in [2.24, 2.45) is 0 Å². The van der Waals surface area contributed by atoms with Gasteiger partial charge in [0.1, 0.15) is 12.2 Å². The highest BCUT2D eigenvalue weighted by Crippen LogP contribution is 2.12. The molecule has 0 aliphatic carbocycles. The van der Waals surface area contributed by atoms with E-state index in [4.69, 9.17) is 4.74 Å². The van der Waals surface area contributed by atoms with E-state index < -0.39 is 0 Å². The van der Waals surface area contributed by atoms with Crippen molar-refractivity contribution in [1.82, 2.24) is 15.6 Å². The van der Waals surface area contributed by atoms with Gasteiger partial charge >= 0.3 is 0 Å². The highest BCUT2D eigenvalue weighted by atomic mass is 16.5. The second kappa shape index (κ2) is 9.29. The summed E-state index contributed by atoms with van der Waals surface area (Å²) in [5.74, 6) is 0.170. The molecule has 0 saturated heterocycles. The van der Waals surface area contributed by atoms with E-state index in [1.165, 1.54) is 0 Å². The molecular weight excluding hydrogens is 306 g/mol. The topological polar surface area (TPSA) is 80.3 Å². The summed E-state index contributed by atoms with van der Waals surface area (Å²) in [6.45, 7) is 0.788. The lowest BCUT2D eigenvalue weighted by molar-refractivity contribution is -0.129. The number of aromatic nitrogens is 1. The molecule has 24 heavy (non-hydrogen) atoms. The molecule has 0 aliphatic rings. The molecule has 0 fully saturated rings. The first-order chi connectivity index (χ1) is 11.7. The Kier molecular flexibility index (Phi) is 6.76. The summed E-state index contributed by atoms with van der Waals surface area (Å²) in [5, 5.41) is 5.42. The largest absolute Gasteiger partial charge is 0.497 e. The summed E-state index contributed by atoms with van der Waals surface area (Å²) in [4.78, 5) is 27.6. The van der Waals surface area contributed by atoms with Gasteiger partial charge in [0.25, 0.3) is 0 Å². The summed E-state index contributed by atoms with van der Waals surface area (Å²) in [6.07, 6.45) is 2.15. The average molecular weight is 327 g/mol. The molecule has 2 rings (SSSR count). The van der Waals surface area contributed by atoms with Crippen LogP contribution in [0, 0.1) is 0 Å². The van der Waals surface area contributed by atoms with Crippen molar-refractivity contribution in [3.05, 3.63) is 59.9 Å². The van der Waals surface area contributed by atoms with Crippen LogP contribution in [0.2, 0.25) is 0 Å². The molecule has 0 unspecified atom stereocenters. The van der Waals surface area contributed by atoms with Gasteiger partial charge in [-0.1, -0.05) is 18.2 Å². The van der Waals surface area contributed by atoms with E-state index >= 15 is 0 Å². The molecule has 0 atom stereocenters. The van der Waals surface area contributed by atoms with Crippen LogP contribution in [0.15, 0.2) is 48.7 Å². The number of ether oxygens (including phenoxy) is 1. The molecule has 1 aromatic heterocycles. The van der Waals surface area contributed by atoms with Gasteiger partial charge in [-0.15, -0.1) is 0 Å². The highest BCUT2D eigenvalue weighted by Gasteiger charge is 2.09. The van der Waals surface area contributed by atoms with Gasteiger partial charge in [0, 0.05) is 12.7 Å². The van der Waals surface area contributed by atoms with Crippen molar-refractivity contribution in [1.29, 1.82) is 0 Å². The van der Waals surface area contributed by atoms with Gasteiger partial charge in [0.05, 0.1) is 19.3 Å². The van der Waals surface area contributed by atoms with E-state index in [2.05, 4.69) is 15.6 Å². The Bertz CT molecular complexity index is 674. The van der Waals surface area contributed by atoms with Crippen molar-refractivity contribution < 1.29 is 14.3 Å². The highest BCUT2D eigenvalue weighted by molar-refractivity contribution is 5.96. The van der Waals surface area contributed by atoms with Crippen molar-refractivity contribution in [3.63, 3.8) is 0 Å². The van der Waals surface area contributed by atoms with E-state index in [0.29, 0.717) is 19.5 Å². The van der Waals surface area contributed by atoms with Gasteiger partial charge < -0.3 is 15.4 Å². The number of benzene rings is 1. The fraction of sp³-hybridized carbons (Fsp3) is 0.278. The third-order valence-corrected chi connectivity index (χ3v) is 3.38. The molecule has 6 nitrogen and oxygen atoms in total. The molecule has 0 spiro atoms. The minimum absolute atomic E-state index is 0.190. The first-order valence-corrected chi connectivity index (χ1v) is 7.73. The maximum absolute atomic E-state index is 11.8. The number of hydrogen-bond acceptors (Lipinski definition) is 4. The van der Waals surface area contributed by atoms with E-state index in [1.54, 1.807) is 19.4 Å². The first-order valence-electron chi connectivity index (χ1n) is 7.73. The lowest BCUT2D eigenvalue weighted by Crippen LogP contribution is -2.32. The first kappa shape index (κ1) is 17.5. The smallest absolute Gasteiger partial charge is 0.229 e. The molecule has 0 aliphatic heterocycles. The van der Waals surface area contributed by atoms with Crippen molar-refractivity contribution in [2.45, 2.75) is 19.4 Å². The molecule has 2 aromatic rings. The molecule has 1 heterocycles. The number of methoxy groups -OCH3 is 1. The number of hydrogen-bond donors (Lipinski definition) is 2. The van der Waals surface area contributed by atoms with Gasteiger partial charge in [-0.3, -0.25) is 14.6 Å². The predicted molar refractivity (Wildman–Crippen MR) is 90.4 cm³/mol. The van der Waals surface area contributed by atoms with Crippen LogP contribution in [0.1, 0.15) is 17.7 Å². The number of carbonyl (C=O) groups excluding carboxylic acids is 2. The molecule has 0 radical (unpaired) electrons. The maximum Gasteiger partial charge on any atom is 0.229 e. The molecule has 2 N–H and O–H groups in total. The van der Waals surface area contributed by atoms with Crippen LogP contribution in [0.4, 0.5) is 0 Å². The minimum atomic E-state index is -0.320. The number of pyridine rings is 1. The second-order valence-corrected chi connectivity index (χ2v) is 5.23. The van der Waals surface area contributed by atoms with E-state index in [-0.39, 0.29) is 18.2 Å². The number of nitrogens with zero attached hydrogens (tertiary/aromatic N) is 1. The summed E-state index contributed by atoms with van der Waals surface area (Å²) < 4.78 is 5.15. The Morgan fingerprint density at radius 3 is 2.67 bits per heavy atom. The van der Waals surface area contributed by atoms with E-state index in [9.17, 15) is 9.59 Å². The van der Waals surface area contributed by atoms with Gasteiger partial charge in [0.15, 0.2) is 0 Å². The van der Waals surface area contributed by atoms with Crippen LogP contribution in [-0.4, -0.2) is 30.5 Å². The molecule has 1 aromatic carbocycles. The molecule has 0 bridgehead atoms. The van der Waals surface area contributed by atoms with Crippen LogP contribution in [0.3, 0.4) is 0 Å². The third kappa shape index (κ3) is 6.08. The lowest BCUT2D eigenvalue weighted by Gasteiger charge is -2.07. The Hall–Kier alpha value is -2.89. The van der Waals surface area contributed by atoms with E-state index in [0.717, 1.165) is 17.0 Å². The standard InChI is InChI=1S/C18H21N3O3/c1-24-16-7-4-5-14(11-16)8-10-20-17(22)12-18(23)21-13-15-6-2-3-9-19-15/h2-7,9,11H,8,10,12-13H2,1H3,(H,20,22)(H,21,23). The zero-order chi connectivity index (χ0) is 17.2. The maximum atomic E-state index is 11.8. The SMILES string of the molecule is COc1cccc(CCNC(=O)CC(=O)NCc2ccccn2)c1. The number of amides is 2. The van der Waals surface area contributed by atoms with E-state index in [1.807, 2.05) is 36.4 Å². The molecule has 2 amide bonds. The Balaban J connectivity index is 1.66. The fourth-order valence-corrected chi connectivity index (χ4v) is 2.14. The minimum Gasteiger partial charge on any atom is -0.497 e. The van der Waals surface area contributed by atoms with Crippen molar-refractivity contribution in [2.75, 3.05) is 13.7 Å². The van der Waals surface area contributed by atoms with Crippen molar-refractivity contribution in [3.8, 4) is 5.75 Å². The quantitative estimate of drug-likeness (QED) is 0.719. The van der Waals surface area contributed by atoms with Gasteiger partial charge in [0.2, 0.25) is 11.8 Å². The van der Waals surface area contributed by atoms with Gasteiger partial charge in [-0.25, -0.2) is 0 Å². The molecular formula is C18H21N3O3. The molecule has 6 heteroatoms. The normalized spacial score (nSPS) is 10.0. The molecule has 0 saturated carbocycles. The second-order valence-electron chi connectivity index (χ2n) is 5.23. The number of carbonyl (C=O) groups is 2. The van der Waals surface area contributed by atoms with Crippen molar-refractivity contribution >= 4 is 11.8 Å². The Labute approximate surface area is 141 Å². The Morgan fingerprint density at radius 1 is 1.08 bits per heavy atom. The zero-order valence-corrected chi connectivity index (χ0v) is 13.6. The van der Waals surface area contributed by atoms with Crippen LogP contribution in [0.5, 0.6) is 5.75 Å². The zero-order valence-electron chi connectivity index (χ0n) is 13.6. The summed E-state index contributed by atoms with van der Waals surface area (Å²) in [6, 6.07) is 13.1. The van der Waals surface area contributed by atoms with Gasteiger partial charge in [-0.05, 0) is 36.2 Å². The van der Waals surface area contributed by atoms with Crippen LogP contribution in [-0.2, 0) is 22.6 Å². The average Bonchev–Trinajstić information content (AvgIpc) is 2.61. The van der Waals surface area contributed by atoms with Crippen LogP contribution >= 0.6 is 0 Å². The number of nitrogens with one attached hydrogen (secondary N) is 2. The monoisotopic (exact) mass is 327 g/mol. The third-order valence-electron chi connectivity index (χ3n) is 3.38. The summed E-state index contributed by atoms with van der Waals surface area (Å²) in [7, 11) is 1.62. The van der Waals surface area contributed by atoms with Gasteiger partial charge in [-0.2, -0.15) is 0 Å². The predicted octanol–water partition coefficient (Wildman–Crippen LogP) is 1.46. The number of rotatable bonds is 8. The molecule has 126 valence electrons. The van der Waals surface area contributed by atoms with Crippen LogP contribution < -0.4 is 15.4 Å². The summed E-state index contributed by atoms with van der Waals surface area (Å²) in [5.41, 5.74) is 1.82. The lowest BCUT2D eigenvalue weighted by atomic mass is 10.1.